The predicted molar refractivity (Wildman–Crippen MR) is 58.9 cm³/mol. The van der Waals surface area contributed by atoms with E-state index in [1.807, 2.05) is 19.1 Å². The van der Waals surface area contributed by atoms with Gasteiger partial charge in [-0.1, -0.05) is 36.2 Å². The summed E-state index contributed by atoms with van der Waals surface area (Å²) in [5.41, 5.74) is 2.26. The summed E-state index contributed by atoms with van der Waals surface area (Å²) in [4.78, 5) is 8.59. The van der Waals surface area contributed by atoms with E-state index in [1.165, 1.54) is 0 Å². The molecule has 0 unspecified atom stereocenters. The number of aryl methyl sites for hydroxylation is 1. The Morgan fingerprint density at radius 2 is 2.00 bits per heavy atom. The lowest BCUT2D eigenvalue weighted by Gasteiger charge is -2.03. The van der Waals surface area contributed by atoms with Crippen LogP contribution in [0.1, 0.15) is 12.6 Å². The van der Waals surface area contributed by atoms with E-state index in [0.29, 0.717) is 15.7 Å². The van der Waals surface area contributed by atoms with Crippen LogP contribution < -0.4 is 0 Å². The number of para-hydroxylation sites is 1. The first-order chi connectivity index (χ1) is 6.72. The fourth-order valence-corrected chi connectivity index (χ4v) is 1.76. The lowest BCUT2D eigenvalue weighted by atomic mass is 10.2. The monoisotopic (exact) mass is 226 g/mol. The summed E-state index contributed by atoms with van der Waals surface area (Å²) in [6.45, 7) is 1.99. The first kappa shape index (κ1) is 9.69. The highest BCUT2D eigenvalue weighted by molar-refractivity contribution is 6.35. The molecule has 1 aromatic heterocycles. The van der Waals surface area contributed by atoms with Crippen LogP contribution in [0.2, 0.25) is 10.2 Å². The van der Waals surface area contributed by atoms with E-state index in [4.69, 9.17) is 23.2 Å². The summed E-state index contributed by atoms with van der Waals surface area (Å²) in [5.74, 6) is 0. The van der Waals surface area contributed by atoms with Crippen LogP contribution in [0.5, 0.6) is 0 Å². The lowest BCUT2D eigenvalue weighted by molar-refractivity contribution is 1.03. The zero-order valence-corrected chi connectivity index (χ0v) is 9.10. The summed E-state index contributed by atoms with van der Waals surface area (Å²) >= 11 is 11.9. The number of nitrogens with zero attached hydrogens (tertiary/aromatic N) is 2. The third kappa shape index (κ3) is 1.56. The summed E-state index contributed by atoms with van der Waals surface area (Å²) in [7, 11) is 0. The Bertz CT molecular complexity index is 483. The van der Waals surface area contributed by atoms with Gasteiger partial charge in [0, 0.05) is 0 Å². The van der Waals surface area contributed by atoms with Crippen molar-refractivity contribution < 1.29 is 0 Å². The molecular weight excluding hydrogens is 219 g/mol. The Kier molecular flexibility index (Phi) is 2.57. The van der Waals surface area contributed by atoms with Gasteiger partial charge in [-0.15, -0.1) is 0 Å². The second-order valence-corrected chi connectivity index (χ2v) is 3.69. The van der Waals surface area contributed by atoms with E-state index in [0.717, 1.165) is 17.6 Å². The van der Waals surface area contributed by atoms with Gasteiger partial charge in [0.2, 0.25) is 0 Å². The van der Waals surface area contributed by atoms with E-state index in [1.54, 1.807) is 6.07 Å². The molecule has 2 rings (SSSR count). The van der Waals surface area contributed by atoms with Gasteiger partial charge in [-0.05, 0) is 18.6 Å². The van der Waals surface area contributed by atoms with E-state index in [9.17, 15) is 0 Å². The largest absolute Gasteiger partial charge is 0.248 e. The maximum Gasteiger partial charge on any atom is 0.151 e. The second-order valence-electron chi connectivity index (χ2n) is 2.92. The maximum atomic E-state index is 5.96. The van der Waals surface area contributed by atoms with Crippen molar-refractivity contribution in [2.24, 2.45) is 0 Å². The van der Waals surface area contributed by atoms with Crippen molar-refractivity contribution in [1.29, 1.82) is 0 Å². The normalized spacial score (nSPS) is 10.8. The van der Waals surface area contributed by atoms with Crippen LogP contribution in [0.3, 0.4) is 0 Å². The maximum absolute atomic E-state index is 5.96. The molecule has 0 amide bonds. The van der Waals surface area contributed by atoms with Gasteiger partial charge in [0.15, 0.2) is 5.15 Å². The number of halogens is 2. The van der Waals surface area contributed by atoms with Crippen molar-refractivity contribution in [1.82, 2.24) is 9.97 Å². The molecule has 2 nitrogen and oxygen atoms in total. The first-order valence-corrected chi connectivity index (χ1v) is 5.08. The minimum absolute atomic E-state index is 0.438. The molecule has 14 heavy (non-hydrogen) atoms. The fourth-order valence-electron chi connectivity index (χ4n) is 1.28. The summed E-state index contributed by atoms with van der Waals surface area (Å²) < 4.78 is 0. The summed E-state index contributed by atoms with van der Waals surface area (Å²) in [6.07, 6.45) is 0.772. The number of rotatable bonds is 1. The fraction of sp³-hybridized carbons (Fsp3) is 0.200. The Labute approximate surface area is 91.9 Å². The Morgan fingerprint density at radius 3 is 2.71 bits per heavy atom. The van der Waals surface area contributed by atoms with Crippen LogP contribution in [0.4, 0.5) is 0 Å². The average molecular weight is 227 g/mol. The number of hydrogen-bond acceptors (Lipinski definition) is 2. The number of fused-ring (bicyclic) bond motifs is 1. The molecule has 1 aromatic carbocycles. The molecule has 0 aliphatic carbocycles. The first-order valence-electron chi connectivity index (χ1n) is 4.33. The molecule has 0 saturated carbocycles. The lowest BCUT2D eigenvalue weighted by Crippen LogP contribution is -1.93. The minimum Gasteiger partial charge on any atom is -0.248 e. The molecular formula is C10H8Cl2N2. The number of aromatic nitrogens is 2. The summed E-state index contributed by atoms with van der Waals surface area (Å²) in [5, 5.41) is 1.02. The van der Waals surface area contributed by atoms with Crippen LogP contribution in [0.15, 0.2) is 18.2 Å². The molecule has 2 aromatic rings. The molecule has 0 saturated heterocycles. The molecule has 0 aliphatic heterocycles. The Hall–Kier alpha value is -0.860. The predicted octanol–water partition coefficient (Wildman–Crippen LogP) is 3.50. The third-order valence-electron chi connectivity index (χ3n) is 2.00. The zero-order valence-electron chi connectivity index (χ0n) is 7.59. The average Bonchev–Trinajstić information content (AvgIpc) is 2.19. The molecule has 72 valence electrons. The molecule has 1 heterocycles. The van der Waals surface area contributed by atoms with Gasteiger partial charge in [-0.2, -0.15) is 0 Å². The van der Waals surface area contributed by atoms with Crippen LogP contribution in [-0.2, 0) is 6.42 Å². The van der Waals surface area contributed by atoms with Crippen LogP contribution in [0.25, 0.3) is 11.0 Å². The van der Waals surface area contributed by atoms with Gasteiger partial charge < -0.3 is 0 Å². The Morgan fingerprint density at radius 1 is 1.21 bits per heavy atom. The topological polar surface area (TPSA) is 25.8 Å². The van der Waals surface area contributed by atoms with Crippen molar-refractivity contribution in [3.8, 4) is 0 Å². The molecule has 0 N–H and O–H groups in total. The second kappa shape index (κ2) is 3.71. The van der Waals surface area contributed by atoms with Gasteiger partial charge in [-0.3, -0.25) is 0 Å². The molecule has 4 heteroatoms. The van der Waals surface area contributed by atoms with Gasteiger partial charge in [0.05, 0.1) is 16.2 Å². The van der Waals surface area contributed by atoms with E-state index in [2.05, 4.69) is 9.97 Å². The van der Waals surface area contributed by atoms with Gasteiger partial charge in [0.25, 0.3) is 0 Å². The van der Waals surface area contributed by atoms with Crippen LogP contribution in [-0.4, -0.2) is 9.97 Å². The third-order valence-corrected chi connectivity index (χ3v) is 2.61. The highest BCUT2D eigenvalue weighted by Gasteiger charge is 2.06. The number of hydrogen-bond donors (Lipinski definition) is 0. The SMILES string of the molecule is CCc1nc2cccc(Cl)c2nc1Cl. The van der Waals surface area contributed by atoms with Crippen molar-refractivity contribution in [2.75, 3.05) is 0 Å². The highest BCUT2D eigenvalue weighted by Crippen LogP contribution is 2.23. The molecule has 0 aliphatic rings. The molecule has 0 radical (unpaired) electrons. The van der Waals surface area contributed by atoms with Crippen molar-refractivity contribution >= 4 is 34.2 Å². The van der Waals surface area contributed by atoms with E-state index >= 15 is 0 Å². The minimum atomic E-state index is 0.438. The molecule has 0 spiro atoms. The standard InChI is InChI=1S/C10H8Cl2N2/c1-2-7-10(12)14-9-6(11)4-3-5-8(9)13-7/h3-5H,2H2,1H3. The van der Waals surface area contributed by atoms with Gasteiger partial charge >= 0.3 is 0 Å². The van der Waals surface area contributed by atoms with E-state index < -0.39 is 0 Å². The quantitative estimate of drug-likeness (QED) is 0.745. The smallest absolute Gasteiger partial charge is 0.151 e. The molecule has 0 fully saturated rings. The van der Waals surface area contributed by atoms with Crippen LogP contribution in [0, 0.1) is 0 Å². The Balaban J connectivity index is 2.79. The highest BCUT2D eigenvalue weighted by atomic mass is 35.5. The van der Waals surface area contributed by atoms with Crippen molar-refractivity contribution in [3.63, 3.8) is 0 Å². The van der Waals surface area contributed by atoms with Crippen molar-refractivity contribution in [2.45, 2.75) is 13.3 Å². The van der Waals surface area contributed by atoms with E-state index in [-0.39, 0.29) is 0 Å². The molecule has 0 atom stereocenters. The van der Waals surface area contributed by atoms with Crippen molar-refractivity contribution in [3.05, 3.63) is 34.1 Å². The van der Waals surface area contributed by atoms with Crippen LogP contribution >= 0.6 is 23.2 Å². The van der Waals surface area contributed by atoms with Gasteiger partial charge in [-0.25, -0.2) is 9.97 Å². The molecule has 0 bridgehead atoms. The van der Waals surface area contributed by atoms with Gasteiger partial charge in [0.1, 0.15) is 5.52 Å². The zero-order chi connectivity index (χ0) is 10.1. The number of benzene rings is 1. The summed E-state index contributed by atoms with van der Waals surface area (Å²) in [6, 6.07) is 5.51.